The SMILES string of the molecule is CN(CC1CCCCC1)C(CN)c1cncc(Br)c1. The molecular formula is C15H24BrN3. The lowest BCUT2D eigenvalue weighted by molar-refractivity contribution is 0.185. The summed E-state index contributed by atoms with van der Waals surface area (Å²) in [6.07, 6.45) is 10.7. The molecule has 0 saturated heterocycles. The predicted molar refractivity (Wildman–Crippen MR) is 82.9 cm³/mol. The molecule has 19 heavy (non-hydrogen) atoms. The van der Waals surface area contributed by atoms with Crippen LogP contribution in [0, 0.1) is 5.92 Å². The first-order chi connectivity index (χ1) is 9.20. The summed E-state index contributed by atoms with van der Waals surface area (Å²) in [6.45, 7) is 1.79. The minimum absolute atomic E-state index is 0.270. The van der Waals surface area contributed by atoms with Crippen molar-refractivity contribution in [2.45, 2.75) is 38.1 Å². The van der Waals surface area contributed by atoms with Crippen LogP contribution in [0.1, 0.15) is 43.7 Å². The zero-order valence-corrected chi connectivity index (χ0v) is 13.3. The van der Waals surface area contributed by atoms with Crippen molar-refractivity contribution in [1.82, 2.24) is 9.88 Å². The van der Waals surface area contributed by atoms with Gasteiger partial charge in [-0.25, -0.2) is 0 Å². The van der Waals surface area contributed by atoms with Gasteiger partial charge in [0.2, 0.25) is 0 Å². The molecule has 1 aromatic rings. The summed E-state index contributed by atoms with van der Waals surface area (Å²) in [6, 6.07) is 2.40. The minimum atomic E-state index is 0.270. The third-order valence-electron chi connectivity index (χ3n) is 4.14. The highest BCUT2D eigenvalue weighted by atomic mass is 79.9. The minimum Gasteiger partial charge on any atom is -0.329 e. The van der Waals surface area contributed by atoms with Crippen molar-refractivity contribution < 1.29 is 0 Å². The molecule has 1 fully saturated rings. The number of pyridine rings is 1. The fourth-order valence-electron chi connectivity index (χ4n) is 3.09. The van der Waals surface area contributed by atoms with E-state index in [1.807, 2.05) is 12.4 Å². The lowest BCUT2D eigenvalue weighted by Gasteiger charge is -2.32. The molecule has 0 bridgehead atoms. The van der Waals surface area contributed by atoms with Gasteiger partial charge >= 0.3 is 0 Å². The summed E-state index contributed by atoms with van der Waals surface area (Å²) >= 11 is 3.49. The van der Waals surface area contributed by atoms with Crippen LogP contribution in [0.15, 0.2) is 22.9 Å². The van der Waals surface area contributed by atoms with E-state index in [0.29, 0.717) is 6.54 Å². The molecule has 1 heterocycles. The number of hydrogen-bond donors (Lipinski definition) is 1. The summed E-state index contributed by atoms with van der Waals surface area (Å²) in [5.74, 6) is 0.841. The molecule has 1 unspecified atom stereocenters. The topological polar surface area (TPSA) is 42.1 Å². The van der Waals surface area contributed by atoms with Crippen molar-refractivity contribution in [3.8, 4) is 0 Å². The quantitative estimate of drug-likeness (QED) is 0.902. The summed E-state index contributed by atoms with van der Waals surface area (Å²) in [5.41, 5.74) is 7.18. The predicted octanol–water partition coefficient (Wildman–Crippen LogP) is 3.36. The molecule has 106 valence electrons. The Labute approximate surface area is 124 Å². The van der Waals surface area contributed by atoms with Crippen LogP contribution in [0.25, 0.3) is 0 Å². The zero-order chi connectivity index (χ0) is 13.7. The van der Waals surface area contributed by atoms with Crippen LogP contribution in [-0.4, -0.2) is 30.0 Å². The van der Waals surface area contributed by atoms with Gasteiger partial charge in [0.25, 0.3) is 0 Å². The molecule has 0 radical (unpaired) electrons. The van der Waals surface area contributed by atoms with Gasteiger partial charge in [-0.1, -0.05) is 19.3 Å². The number of nitrogens with zero attached hydrogens (tertiary/aromatic N) is 2. The average molecular weight is 326 g/mol. The fourth-order valence-corrected chi connectivity index (χ4v) is 3.47. The van der Waals surface area contributed by atoms with Crippen LogP contribution in [0.2, 0.25) is 0 Å². The van der Waals surface area contributed by atoms with Gasteiger partial charge in [0, 0.05) is 36.0 Å². The maximum absolute atomic E-state index is 5.98. The second-order valence-electron chi connectivity index (χ2n) is 5.63. The van der Waals surface area contributed by atoms with Crippen LogP contribution in [0.4, 0.5) is 0 Å². The largest absolute Gasteiger partial charge is 0.329 e. The van der Waals surface area contributed by atoms with Gasteiger partial charge in [0.05, 0.1) is 0 Å². The average Bonchev–Trinajstić information content (AvgIpc) is 2.41. The monoisotopic (exact) mass is 325 g/mol. The Balaban J connectivity index is 1.99. The van der Waals surface area contributed by atoms with Crippen LogP contribution >= 0.6 is 15.9 Å². The number of hydrogen-bond acceptors (Lipinski definition) is 3. The van der Waals surface area contributed by atoms with Gasteiger partial charge < -0.3 is 5.73 Å². The van der Waals surface area contributed by atoms with E-state index in [1.54, 1.807) is 0 Å². The maximum atomic E-state index is 5.98. The van der Waals surface area contributed by atoms with Crippen molar-refractivity contribution in [3.05, 3.63) is 28.5 Å². The first-order valence-electron chi connectivity index (χ1n) is 7.21. The number of halogens is 1. The Morgan fingerprint density at radius 2 is 2.11 bits per heavy atom. The molecule has 1 saturated carbocycles. The van der Waals surface area contributed by atoms with Crippen molar-refractivity contribution >= 4 is 15.9 Å². The number of likely N-dealkylation sites (N-methyl/N-ethyl adjacent to an activating group) is 1. The molecule has 0 amide bonds. The Bertz CT molecular complexity index is 391. The molecule has 1 atom stereocenters. The van der Waals surface area contributed by atoms with Gasteiger partial charge in [0.1, 0.15) is 0 Å². The Morgan fingerprint density at radius 3 is 2.74 bits per heavy atom. The van der Waals surface area contributed by atoms with E-state index in [9.17, 15) is 0 Å². The maximum Gasteiger partial charge on any atom is 0.0483 e. The van der Waals surface area contributed by atoms with E-state index in [4.69, 9.17) is 5.73 Å². The Morgan fingerprint density at radius 1 is 1.37 bits per heavy atom. The highest BCUT2D eigenvalue weighted by molar-refractivity contribution is 9.10. The Kier molecular flexibility index (Phi) is 5.79. The van der Waals surface area contributed by atoms with E-state index in [1.165, 1.54) is 37.7 Å². The fraction of sp³-hybridized carbons (Fsp3) is 0.667. The normalized spacial score (nSPS) is 18.7. The number of rotatable bonds is 5. The van der Waals surface area contributed by atoms with Gasteiger partial charge in [-0.15, -0.1) is 0 Å². The smallest absolute Gasteiger partial charge is 0.0483 e. The zero-order valence-electron chi connectivity index (χ0n) is 11.7. The lowest BCUT2D eigenvalue weighted by Crippen LogP contribution is -2.35. The van der Waals surface area contributed by atoms with E-state index < -0.39 is 0 Å². The first kappa shape index (κ1) is 14.9. The highest BCUT2D eigenvalue weighted by Gasteiger charge is 2.21. The van der Waals surface area contributed by atoms with Gasteiger partial charge in [-0.2, -0.15) is 0 Å². The molecule has 1 aliphatic rings. The molecule has 2 N–H and O–H groups in total. The summed E-state index contributed by atoms with van der Waals surface area (Å²) in [5, 5.41) is 0. The molecule has 0 spiro atoms. The van der Waals surface area contributed by atoms with Crippen LogP contribution in [0.5, 0.6) is 0 Å². The summed E-state index contributed by atoms with van der Waals surface area (Å²) in [4.78, 5) is 6.66. The van der Waals surface area contributed by atoms with Crippen LogP contribution in [-0.2, 0) is 0 Å². The molecule has 2 rings (SSSR count). The summed E-state index contributed by atoms with van der Waals surface area (Å²) < 4.78 is 1.02. The third kappa shape index (κ3) is 4.26. The van der Waals surface area contributed by atoms with Crippen LogP contribution < -0.4 is 5.73 Å². The number of nitrogens with two attached hydrogens (primary N) is 1. The second kappa shape index (κ2) is 7.36. The van der Waals surface area contributed by atoms with Gasteiger partial charge in [-0.05, 0) is 53.4 Å². The van der Waals surface area contributed by atoms with Crippen molar-refractivity contribution in [3.63, 3.8) is 0 Å². The lowest BCUT2D eigenvalue weighted by atomic mass is 9.88. The molecular weight excluding hydrogens is 302 g/mol. The molecule has 3 nitrogen and oxygen atoms in total. The Hall–Kier alpha value is -0.450. The number of aromatic nitrogens is 1. The molecule has 1 aromatic heterocycles. The van der Waals surface area contributed by atoms with E-state index in [0.717, 1.165) is 16.9 Å². The third-order valence-corrected chi connectivity index (χ3v) is 4.57. The highest BCUT2D eigenvalue weighted by Crippen LogP contribution is 2.27. The first-order valence-corrected chi connectivity index (χ1v) is 8.00. The molecule has 0 aromatic carbocycles. The molecule has 0 aliphatic heterocycles. The van der Waals surface area contributed by atoms with Gasteiger partial charge in [0.15, 0.2) is 0 Å². The van der Waals surface area contributed by atoms with Crippen molar-refractivity contribution in [2.75, 3.05) is 20.1 Å². The van der Waals surface area contributed by atoms with Crippen molar-refractivity contribution in [2.24, 2.45) is 11.7 Å². The second-order valence-corrected chi connectivity index (χ2v) is 6.55. The van der Waals surface area contributed by atoms with E-state index in [-0.39, 0.29) is 6.04 Å². The van der Waals surface area contributed by atoms with E-state index >= 15 is 0 Å². The molecule has 4 heteroatoms. The summed E-state index contributed by atoms with van der Waals surface area (Å²) in [7, 11) is 2.19. The van der Waals surface area contributed by atoms with Crippen LogP contribution in [0.3, 0.4) is 0 Å². The van der Waals surface area contributed by atoms with Gasteiger partial charge in [-0.3, -0.25) is 9.88 Å². The molecule has 1 aliphatic carbocycles. The standard InChI is InChI=1S/C15H24BrN3/c1-19(11-12-5-3-2-4-6-12)15(8-17)13-7-14(16)10-18-9-13/h7,9-10,12,15H,2-6,8,11,17H2,1H3. The van der Waals surface area contributed by atoms with E-state index in [2.05, 4.69) is 38.9 Å². The van der Waals surface area contributed by atoms with Crippen molar-refractivity contribution in [1.29, 1.82) is 0 Å².